The van der Waals surface area contributed by atoms with Gasteiger partial charge in [-0.2, -0.15) is 162 Å². The van der Waals surface area contributed by atoms with Crippen molar-refractivity contribution < 1.29 is 186 Å². The Morgan fingerprint density at radius 1 is 0.377 bits per heavy atom. The van der Waals surface area contributed by atoms with Crippen LogP contribution < -0.4 is 0 Å². The largest absolute Gasteiger partial charge is 0.477 e. The van der Waals surface area contributed by atoms with E-state index in [2.05, 4.69) is 4.74 Å². The van der Waals surface area contributed by atoms with E-state index in [9.17, 15) is 172 Å². The number of carboxylic acids is 1. The van der Waals surface area contributed by atoms with Crippen LogP contribution in [-0.4, -0.2) is 162 Å². The fourth-order valence-corrected chi connectivity index (χ4v) is 4.94. The van der Waals surface area contributed by atoms with Crippen molar-refractivity contribution in [3.05, 3.63) is 0 Å². The summed E-state index contributed by atoms with van der Waals surface area (Å²) >= 11 is 0. The minimum atomic E-state index is -10.5. The van der Waals surface area contributed by atoms with Crippen molar-refractivity contribution >= 4 is 11.9 Å². The van der Waals surface area contributed by atoms with Gasteiger partial charge in [-0.3, -0.25) is 4.79 Å². The number of rotatable bonds is 23. The van der Waals surface area contributed by atoms with Gasteiger partial charge in [-0.1, -0.05) is 0 Å². The Morgan fingerprint density at radius 3 is 0.739 bits per heavy atom. The molecule has 0 radical (unpaired) electrons. The highest BCUT2D eigenvalue weighted by Crippen LogP contribution is 2.70. The van der Waals surface area contributed by atoms with Gasteiger partial charge in [0.05, 0.1) is 20.5 Å². The number of hydrogen-bond acceptors (Lipinski definition) is 3. The van der Waals surface area contributed by atoms with E-state index in [1.54, 1.807) is 0 Å². The monoisotopic (exact) mass is 1120 g/mol. The summed E-state index contributed by atoms with van der Waals surface area (Å²) in [5.41, 5.74) is 0. The molecular weight excluding hydrogens is 1110 g/mol. The first-order chi connectivity index (χ1) is 29.2. The molecule has 0 aromatic heterocycles. The fourth-order valence-electron chi connectivity index (χ4n) is 4.94. The van der Waals surface area contributed by atoms with Gasteiger partial charge in [0.2, 0.25) is 0 Å². The maximum Gasteiger partial charge on any atom is 0.460 e. The Bertz CT molecular complexity index is 1880. The lowest BCUT2D eigenvalue weighted by Crippen LogP contribution is -2.80. The molecule has 0 aliphatic carbocycles. The number of halogens is 37. The standard InChI is InChI=1S/C27H16F37NO4/c1-7(66)69-8(5-65(2,3)6-9(67)68)4-10(28,29)11(30,31)12(32,33)13(34,35)14(36,37)15(38,39)16(40,41)17(42,43)18(44,45)19(46,47)20(48,49)21(50,51)22(52,53)23(54,55)24(56,57)25(58,59)26(60,61)27(62,63)64/h8H,4-6H2,1-3H3/p+1. The van der Waals surface area contributed by atoms with Crippen molar-refractivity contribution in [2.75, 3.05) is 27.2 Å². The second-order valence-corrected chi connectivity index (χ2v) is 14.5. The molecule has 0 aromatic carbocycles. The minimum absolute atomic E-state index is 0.102. The van der Waals surface area contributed by atoms with Crippen molar-refractivity contribution in [2.24, 2.45) is 0 Å². The van der Waals surface area contributed by atoms with E-state index in [1.165, 1.54) is 0 Å². The van der Waals surface area contributed by atoms with Crippen molar-refractivity contribution in [2.45, 2.75) is 126 Å². The fraction of sp³-hybridized carbons (Fsp3) is 0.926. The summed E-state index contributed by atoms with van der Waals surface area (Å²) in [5.74, 6) is -171. The molecule has 0 aliphatic rings. The molecule has 42 heteroatoms. The van der Waals surface area contributed by atoms with Crippen LogP contribution in [0.15, 0.2) is 0 Å². The molecule has 0 fully saturated rings. The number of carboxylic acid groups (broad SMARTS) is 1. The van der Waals surface area contributed by atoms with Crippen LogP contribution in [0.4, 0.5) is 162 Å². The number of aliphatic carboxylic acids is 1. The molecule has 0 aliphatic heterocycles. The number of quaternary nitrogens is 1. The quantitative estimate of drug-likeness (QED) is 0.0629. The number of ether oxygens (including phenoxy) is 1. The predicted octanol–water partition coefficient (Wildman–Crippen LogP) is 11.8. The van der Waals surface area contributed by atoms with Gasteiger partial charge in [0, 0.05) is 6.92 Å². The van der Waals surface area contributed by atoms with Gasteiger partial charge in [0.25, 0.3) is 0 Å². The number of carbonyl (C=O) groups is 2. The average molecular weight is 1120 g/mol. The van der Waals surface area contributed by atoms with Crippen molar-refractivity contribution in [1.29, 1.82) is 0 Å². The first-order valence-electron chi connectivity index (χ1n) is 15.9. The third kappa shape index (κ3) is 8.81. The van der Waals surface area contributed by atoms with Crippen molar-refractivity contribution in [3.63, 3.8) is 0 Å². The summed E-state index contributed by atoms with van der Waals surface area (Å²) < 4.78 is 516. The van der Waals surface area contributed by atoms with Gasteiger partial charge in [0.15, 0.2) is 12.6 Å². The van der Waals surface area contributed by atoms with Crippen LogP contribution in [0.3, 0.4) is 0 Å². The van der Waals surface area contributed by atoms with Gasteiger partial charge in [0.1, 0.15) is 6.54 Å². The van der Waals surface area contributed by atoms with Crippen LogP contribution in [0, 0.1) is 0 Å². The lowest BCUT2D eigenvalue weighted by molar-refractivity contribution is -0.886. The van der Waals surface area contributed by atoms with Gasteiger partial charge in [-0.05, 0) is 0 Å². The zero-order chi connectivity index (χ0) is 57.1. The maximum absolute atomic E-state index is 14.6. The van der Waals surface area contributed by atoms with Crippen LogP contribution in [0.2, 0.25) is 0 Å². The van der Waals surface area contributed by atoms with E-state index in [0.717, 1.165) is 0 Å². The van der Waals surface area contributed by atoms with Crippen LogP contribution in [-0.2, 0) is 14.3 Å². The first kappa shape index (κ1) is 65.3. The van der Waals surface area contributed by atoms with Crippen LogP contribution in [0.25, 0.3) is 0 Å². The summed E-state index contributed by atoms with van der Waals surface area (Å²) in [6, 6.07) is 0. The molecule has 1 unspecified atom stereocenters. The number of hydrogen-bond donors (Lipinski definition) is 1. The number of nitrogens with zero attached hydrogens (tertiary/aromatic N) is 1. The highest BCUT2D eigenvalue weighted by Gasteiger charge is 3.02. The van der Waals surface area contributed by atoms with Gasteiger partial charge in [-0.25, -0.2) is 4.79 Å². The third-order valence-corrected chi connectivity index (χ3v) is 8.81. The molecule has 0 amide bonds. The zero-order valence-corrected chi connectivity index (χ0v) is 31.8. The topological polar surface area (TPSA) is 63.6 Å². The number of alkyl halides is 37. The second-order valence-electron chi connectivity index (χ2n) is 14.5. The van der Waals surface area contributed by atoms with E-state index in [1.807, 2.05) is 0 Å². The molecule has 0 saturated heterocycles. The molecule has 5 nitrogen and oxygen atoms in total. The molecule has 1 N–H and O–H groups in total. The molecule has 0 heterocycles. The Balaban J connectivity index is 7.85. The lowest BCUT2D eigenvalue weighted by atomic mass is 9.82. The number of carbonyl (C=O) groups excluding carboxylic acids is 1. The highest BCUT2D eigenvalue weighted by atomic mass is 19.4. The normalized spacial score (nSPS) is 17.0. The predicted molar refractivity (Wildman–Crippen MR) is 140 cm³/mol. The lowest BCUT2D eigenvalue weighted by Gasteiger charge is -2.47. The van der Waals surface area contributed by atoms with Gasteiger partial charge in [-0.15, -0.1) is 0 Å². The van der Waals surface area contributed by atoms with E-state index < -0.39 is 149 Å². The maximum atomic E-state index is 14.6. The van der Waals surface area contributed by atoms with Crippen LogP contribution in [0.5, 0.6) is 0 Å². The molecule has 69 heavy (non-hydrogen) atoms. The van der Waals surface area contributed by atoms with Crippen molar-refractivity contribution in [3.8, 4) is 0 Å². The molecule has 0 aromatic rings. The van der Waals surface area contributed by atoms with E-state index in [4.69, 9.17) is 5.11 Å². The van der Waals surface area contributed by atoms with E-state index in [0.29, 0.717) is 14.1 Å². The first-order valence-corrected chi connectivity index (χ1v) is 15.9. The van der Waals surface area contributed by atoms with Crippen LogP contribution >= 0.6 is 0 Å². The Labute approximate surface area is 353 Å². The summed E-state index contributed by atoms with van der Waals surface area (Å²) in [6.45, 7) is -3.01. The van der Waals surface area contributed by atoms with E-state index >= 15 is 0 Å². The molecule has 1 atom stereocenters. The van der Waals surface area contributed by atoms with Crippen LogP contribution in [0.1, 0.15) is 13.3 Å². The molecule has 0 rings (SSSR count). The zero-order valence-electron chi connectivity index (χ0n) is 31.8. The summed E-state index contributed by atoms with van der Waals surface area (Å²) in [6.07, 6.45) is -15.3. The number of likely N-dealkylation sites (N-methyl/N-ethyl adjacent to an activating group) is 1. The van der Waals surface area contributed by atoms with Crippen molar-refractivity contribution in [1.82, 2.24) is 0 Å². The Morgan fingerprint density at radius 2 is 0.565 bits per heavy atom. The SMILES string of the molecule is CC(=O)OC(CC(F)(F)C(F)(F)C(F)(F)C(F)(F)C(F)(F)C(F)(F)C(F)(F)C(F)(F)C(F)(F)C(F)(F)C(F)(F)C(F)(F)C(F)(F)C(F)(F)C(F)(F)C(F)(F)C(F)(F)C(F)(F)F)C[N+](C)(C)CC(=O)O. The smallest absolute Gasteiger partial charge is 0.460 e. The van der Waals surface area contributed by atoms with Gasteiger partial charge >= 0.3 is 119 Å². The summed E-state index contributed by atoms with van der Waals surface area (Å²) in [7, 11) is 1.09. The number of esters is 1. The Kier molecular flexibility index (Phi) is 16.0. The third-order valence-electron chi connectivity index (χ3n) is 8.81. The summed E-state index contributed by atoms with van der Waals surface area (Å²) in [4.78, 5) is 22.1. The molecule has 412 valence electrons. The molecule has 0 saturated carbocycles. The average Bonchev–Trinajstić information content (AvgIpc) is 3.08. The van der Waals surface area contributed by atoms with Gasteiger partial charge < -0.3 is 14.3 Å². The Hall–Kier alpha value is -3.69. The molecule has 0 spiro atoms. The molecular formula is C27H17F37NO4+. The second kappa shape index (κ2) is 17.0. The summed E-state index contributed by atoms with van der Waals surface area (Å²) in [5, 5.41) is 8.75. The molecule has 0 bridgehead atoms. The highest BCUT2D eigenvalue weighted by molar-refractivity contribution is 5.68. The van der Waals surface area contributed by atoms with E-state index in [-0.39, 0.29) is 6.92 Å². The minimum Gasteiger partial charge on any atom is -0.477 e.